The van der Waals surface area contributed by atoms with Crippen LogP contribution in [-0.2, 0) is 11.0 Å². The van der Waals surface area contributed by atoms with Crippen LogP contribution < -0.4 is 5.32 Å². The third-order valence-electron chi connectivity index (χ3n) is 2.69. The lowest BCUT2D eigenvalue weighted by molar-refractivity contribution is -0.138. The summed E-state index contributed by atoms with van der Waals surface area (Å²) in [5.41, 5.74) is -0.637. The van der Waals surface area contributed by atoms with Crippen LogP contribution in [0.1, 0.15) is 23.5 Å². The first-order chi connectivity index (χ1) is 7.50. The van der Waals surface area contributed by atoms with Crippen molar-refractivity contribution in [3.05, 3.63) is 35.4 Å². The molecule has 16 heavy (non-hydrogen) atoms. The normalized spacial score (nSPS) is 20.9. The molecule has 1 aromatic carbocycles. The van der Waals surface area contributed by atoms with Crippen LogP contribution in [-0.4, -0.2) is 12.5 Å². The molecular weight excluding hydrogens is 219 g/mol. The molecule has 5 heteroatoms. The number of carbonyl (C=O) groups excluding carboxylic acids is 1. The van der Waals surface area contributed by atoms with E-state index in [1.54, 1.807) is 0 Å². The van der Waals surface area contributed by atoms with E-state index < -0.39 is 17.7 Å². The number of hydrogen-bond donors (Lipinski definition) is 1. The predicted molar refractivity (Wildman–Crippen MR) is 51.8 cm³/mol. The van der Waals surface area contributed by atoms with Crippen LogP contribution in [0.4, 0.5) is 13.2 Å². The number of alkyl halides is 3. The third kappa shape index (κ3) is 1.89. The Morgan fingerprint density at radius 3 is 2.50 bits per heavy atom. The van der Waals surface area contributed by atoms with Crippen molar-refractivity contribution in [2.75, 3.05) is 6.54 Å². The zero-order chi connectivity index (χ0) is 11.8. The van der Waals surface area contributed by atoms with Crippen molar-refractivity contribution < 1.29 is 18.0 Å². The number of nitrogens with one attached hydrogen (secondary N) is 1. The number of rotatable bonds is 1. The molecule has 1 aliphatic heterocycles. The van der Waals surface area contributed by atoms with Gasteiger partial charge in [0, 0.05) is 6.54 Å². The van der Waals surface area contributed by atoms with Gasteiger partial charge in [0.25, 0.3) is 0 Å². The van der Waals surface area contributed by atoms with Gasteiger partial charge >= 0.3 is 6.18 Å². The van der Waals surface area contributed by atoms with E-state index in [9.17, 15) is 18.0 Å². The van der Waals surface area contributed by atoms with Crippen LogP contribution in [0.5, 0.6) is 0 Å². The molecule has 0 saturated carbocycles. The molecule has 0 bridgehead atoms. The van der Waals surface area contributed by atoms with E-state index in [0.29, 0.717) is 13.0 Å². The van der Waals surface area contributed by atoms with Crippen molar-refractivity contribution in [2.24, 2.45) is 0 Å². The summed E-state index contributed by atoms with van der Waals surface area (Å²) in [4.78, 5) is 11.4. The van der Waals surface area contributed by atoms with Crippen LogP contribution in [0.3, 0.4) is 0 Å². The molecule has 2 nitrogen and oxygen atoms in total. The molecule has 0 aromatic heterocycles. The fraction of sp³-hybridized carbons (Fsp3) is 0.364. The lowest BCUT2D eigenvalue weighted by Crippen LogP contribution is -2.20. The molecule has 0 spiro atoms. The SMILES string of the molecule is O=C1NCCC1c1ccccc1C(F)(F)F. The van der Waals surface area contributed by atoms with Crippen molar-refractivity contribution >= 4 is 5.91 Å². The summed E-state index contributed by atoms with van der Waals surface area (Å²) in [6.07, 6.45) is -3.98. The molecule has 1 fully saturated rings. The highest BCUT2D eigenvalue weighted by molar-refractivity contribution is 5.86. The first kappa shape index (κ1) is 11.0. The molecular formula is C11H10F3NO. The zero-order valence-electron chi connectivity index (χ0n) is 8.34. The number of hydrogen-bond acceptors (Lipinski definition) is 1. The highest BCUT2D eigenvalue weighted by atomic mass is 19.4. The summed E-state index contributed by atoms with van der Waals surface area (Å²) in [6.45, 7) is 0.440. The van der Waals surface area contributed by atoms with Crippen molar-refractivity contribution in [1.82, 2.24) is 5.32 Å². The van der Waals surface area contributed by atoms with Gasteiger partial charge in [-0.25, -0.2) is 0 Å². The fourth-order valence-corrected chi connectivity index (χ4v) is 1.95. The molecule has 1 N–H and O–H groups in total. The topological polar surface area (TPSA) is 29.1 Å². The molecule has 1 unspecified atom stereocenters. The molecule has 2 rings (SSSR count). The van der Waals surface area contributed by atoms with Gasteiger partial charge in [-0.1, -0.05) is 18.2 Å². The number of halogens is 3. The number of benzene rings is 1. The first-order valence-electron chi connectivity index (χ1n) is 4.94. The average molecular weight is 229 g/mol. The standard InChI is InChI=1S/C11H10F3NO/c12-11(13,14)9-4-2-1-3-7(9)8-5-6-15-10(8)16/h1-4,8H,5-6H2,(H,15,16). The Morgan fingerprint density at radius 2 is 1.94 bits per heavy atom. The Morgan fingerprint density at radius 1 is 1.25 bits per heavy atom. The maximum Gasteiger partial charge on any atom is 0.416 e. The first-order valence-corrected chi connectivity index (χ1v) is 4.94. The van der Waals surface area contributed by atoms with Crippen LogP contribution >= 0.6 is 0 Å². The molecule has 1 aromatic rings. The van der Waals surface area contributed by atoms with E-state index >= 15 is 0 Å². The minimum absolute atomic E-state index is 0.0741. The Balaban J connectivity index is 2.44. The minimum atomic E-state index is -4.40. The van der Waals surface area contributed by atoms with Gasteiger partial charge in [-0.05, 0) is 18.1 Å². The average Bonchev–Trinajstić information content (AvgIpc) is 2.63. The Kier molecular flexibility index (Phi) is 2.61. The second kappa shape index (κ2) is 3.81. The minimum Gasteiger partial charge on any atom is -0.356 e. The van der Waals surface area contributed by atoms with E-state index in [4.69, 9.17) is 0 Å². The second-order valence-electron chi connectivity index (χ2n) is 3.72. The van der Waals surface area contributed by atoms with Gasteiger partial charge in [-0.2, -0.15) is 13.2 Å². The lowest BCUT2D eigenvalue weighted by atomic mass is 9.93. The van der Waals surface area contributed by atoms with Crippen LogP contribution in [0.25, 0.3) is 0 Å². The molecule has 1 atom stereocenters. The zero-order valence-corrected chi connectivity index (χ0v) is 8.34. The van der Waals surface area contributed by atoms with Gasteiger partial charge in [0.05, 0.1) is 11.5 Å². The number of carbonyl (C=O) groups is 1. The summed E-state index contributed by atoms with van der Waals surface area (Å²) in [6, 6.07) is 5.24. The lowest BCUT2D eigenvalue weighted by Gasteiger charge is -2.15. The van der Waals surface area contributed by atoms with Crippen molar-refractivity contribution in [3.8, 4) is 0 Å². The molecule has 0 radical (unpaired) electrons. The van der Waals surface area contributed by atoms with Crippen molar-refractivity contribution in [3.63, 3.8) is 0 Å². The van der Waals surface area contributed by atoms with Gasteiger partial charge in [0.2, 0.25) is 5.91 Å². The maximum atomic E-state index is 12.7. The van der Waals surface area contributed by atoms with Gasteiger partial charge in [0.15, 0.2) is 0 Å². The highest BCUT2D eigenvalue weighted by Crippen LogP contribution is 2.37. The van der Waals surface area contributed by atoms with E-state index in [-0.39, 0.29) is 11.5 Å². The summed E-state index contributed by atoms with van der Waals surface area (Å²) in [7, 11) is 0. The van der Waals surface area contributed by atoms with Gasteiger partial charge in [-0.15, -0.1) is 0 Å². The summed E-state index contributed by atoms with van der Waals surface area (Å²) >= 11 is 0. The summed E-state index contributed by atoms with van der Waals surface area (Å²) in [5.74, 6) is -0.991. The third-order valence-corrected chi connectivity index (χ3v) is 2.69. The van der Waals surface area contributed by atoms with E-state index in [2.05, 4.69) is 5.32 Å². The van der Waals surface area contributed by atoms with Crippen LogP contribution in [0.2, 0.25) is 0 Å². The predicted octanol–water partition coefficient (Wildman–Crippen LogP) is 2.31. The fourth-order valence-electron chi connectivity index (χ4n) is 1.95. The molecule has 1 heterocycles. The van der Waals surface area contributed by atoms with Crippen LogP contribution in [0.15, 0.2) is 24.3 Å². The molecule has 1 amide bonds. The van der Waals surface area contributed by atoms with E-state index in [1.165, 1.54) is 18.2 Å². The van der Waals surface area contributed by atoms with E-state index in [1.807, 2.05) is 0 Å². The molecule has 1 saturated heterocycles. The van der Waals surface area contributed by atoms with Crippen LogP contribution in [0, 0.1) is 0 Å². The summed E-state index contributed by atoms with van der Waals surface area (Å²) < 4.78 is 38.1. The number of amides is 1. The monoisotopic (exact) mass is 229 g/mol. The molecule has 0 aliphatic carbocycles. The summed E-state index contributed by atoms with van der Waals surface area (Å²) in [5, 5.41) is 2.54. The van der Waals surface area contributed by atoms with Gasteiger partial charge in [-0.3, -0.25) is 4.79 Å². The largest absolute Gasteiger partial charge is 0.416 e. The maximum absolute atomic E-state index is 12.7. The quantitative estimate of drug-likeness (QED) is 0.786. The molecule has 1 aliphatic rings. The second-order valence-corrected chi connectivity index (χ2v) is 3.72. The van der Waals surface area contributed by atoms with E-state index in [0.717, 1.165) is 6.07 Å². The Labute approximate surface area is 90.5 Å². The smallest absolute Gasteiger partial charge is 0.356 e. The van der Waals surface area contributed by atoms with Crippen molar-refractivity contribution in [2.45, 2.75) is 18.5 Å². The highest BCUT2D eigenvalue weighted by Gasteiger charge is 2.37. The molecule has 86 valence electrons. The van der Waals surface area contributed by atoms with Crippen molar-refractivity contribution in [1.29, 1.82) is 0 Å². The van der Waals surface area contributed by atoms with Gasteiger partial charge in [0.1, 0.15) is 0 Å². The Bertz CT molecular complexity index is 414. The Hall–Kier alpha value is -1.52. The van der Waals surface area contributed by atoms with Gasteiger partial charge < -0.3 is 5.32 Å².